The number of unbranched alkanes of at least 4 members (excludes halogenated alkanes) is 5. The molecule has 0 saturated carbocycles. The van der Waals surface area contributed by atoms with Crippen LogP contribution in [0.15, 0.2) is 77.2 Å². The maximum Gasteiger partial charge on any atom is 0.138 e. The maximum absolute atomic E-state index is 6.62. The van der Waals surface area contributed by atoms with Crippen LogP contribution in [0.25, 0.3) is 63.3 Å². The van der Waals surface area contributed by atoms with E-state index in [0.717, 1.165) is 24.2 Å². The highest BCUT2D eigenvalue weighted by Gasteiger charge is 2.26. The van der Waals surface area contributed by atoms with Crippen LogP contribution in [0.3, 0.4) is 0 Å². The Morgan fingerprint density at radius 2 is 1.42 bits per heavy atom. The molecule has 1 aliphatic carbocycles. The van der Waals surface area contributed by atoms with Gasteiger partial charge in [-0.25, -0.2) is 0 Å². The SMILES string of the molecule is CCCCCCCCc1ccc(-c2ccc3oc4c(c3c2)CCc2c-4ccc3c2sc2ccc(-c4ccc(C)s4)cc23)s1. The third-order valence-corrected chi connectivity index (χ3v) is 12.6. The molecule has 1 nitrogen and oxygen atoms in total. The van der Waals surface area contributed by atoms with Crippen molar-refractivity contribution in [3.63, 3.8) is 0 Å². The Labute approximate surface area is 265 Å². The van der Waals surface area contributed by atoms with Crippen molar-refractivity contribution in [2.24, 2.45) is 0 Å². The van der Waals surface area contributed by atoms with Gasteiger partial charge in [-0.05, 0) is 104 Å². The van der Waals surface area contributed by atoms with E-state index >= 15 is 0 Å². The number of rotatable bonds is 9. The van der Waals surface area contributed by atoms with Gasteiger partial charge in [-0.3, -0.25) is 0 Å². The molecule has 0 amide bonds. The van der Waals surface area contributed by atoms with Crippen molar-refractivity contribution in [1.29, 1.82) is 0 Å². The molecule has 4 heterocycles. The van der Waals surface area contributed by atoms with Gasteiger partial charge < -0.3 is 4.42 Å². The standard InChI is InChI=1S/C39H36OS3/c1-3-4-5-6-7-8-9-27-13-21-36(42-27)25-11-18-34-32(22-25)29-15-16-30-28(38(29)40-34)14-17-31-33-23-26(35-19-10-24(2)41-35)12-20-37(33)43-39(30)31/h10-14,17-23H,3-9,15-16H2,1-2H3. The topological polar surface area (TPSA) is 13.1 Å². The summed E-state index contributed by atoms with van der Waals surface area (Å²) in [4.78, 5) is 5.59. The summed E-state index contributed by atoms with van der Waals surface area (Å²) < 4.78 is 9.41. The lowest BCUT2D eigenvalue weighted by molar-refractivity contribution is 0.609. The molecule has 4 heteroatoms. The van der Waals surface area contributed by atoms with Crippen molar-refractivity contribution in [1.82, 2.24) is 0 Å². The highest BCUT2D eigenvalue weighted by molar-refractivity contribution is 7.26. The number of thiophene rings is 3. The van der Waals surface area contributed by atoms with Gasteiger partial charge in [0, 0.05) is 56.2 Å². The van der Waals surface area contributed by atoms with E-state index in [4.69, 9.17) is 4.42 Å². The molecule has 0 atom stereocenters. The number of furan rings is 1. The van der Waals surface area contributed by atoms with Gasteiger partial charge in [-0.2, -0.15) is 0 Å². The minimum absolute atomic E-state index is 1.01. The van der Waals surface area contributed by atoms with E-state index in [-0.39, 0.29) is 0 Å². The summed E-state index contributed by atoms with van der Waals surface area (Å²) in [5, 5.41) is 4.04. The first-order chi connectivity index (χ1) is 21.2. The van der Waals surface area contributed by atoms with Gasteiger partial charge in [0.25, 0.3) is 0 Å². The Morgan fingerprint density at radius 3 is 2.28 bits per heavy atom. The molecule has 216 valence electrons. The van der Waals surface area contributed by atoms with Crippen molar-refractivity contribution in [3.05, 3.63) is 93.7 Å². The van der Waals surface area contributed by atoms with E-state index in [9.17, 15) is 0 Å². The van der Waals surface area contributed by atoms with Gasteiger partial charge in [0.05, 0.1) is 0 Å². The van der Waals surface area contributed by atoms with Crippen LogP contribution >= 0.6 is 34.0 Å². The van der Waals surface area contributed by atoms with Gasteiger partial charge in [0.2, 0.25) is 0 Å². The van der Waals surface area contributed by atoms with Gasteiger partial charge in [-0.1, -0.05) is 57.2 Å². The molecule has 4 aromatic heterocycles. The van der Waals surface area contributed by atoms with Gasteiger partial charge in [0.1, 0.15) is 11.3 Å². The third-order valence-electron chi connectivity index (χ3n) is 9.15. The van der Waals surface area contributed by atoms with Crippen LogP contribution in [0.1, 0.15) is 66.3 Å². The molecule has 3 aromatic carbocycles. The Hall–Kier alpha value is -3.18. The molecule has 0 unspecified atom stereocenters. The van der Waals surface area contributed by atoms with Crippen LogP contribution in [-0.4, -0.2) is 0 Å². The van der Waals surface area contributed by atoms with Crippen molar-refractivity contribution in [2.75, 3.05) is 0 Å². The van der Waals surface area contributed by atoms with Crippen LogP contribution in [0.2, 0.25) is 0 Å². The zero-order chi connectivity index (χ0) is 28.9. The lowest BCUT2D eigenvalue weighted by Gasteiger charge is -2.16. The molecule has 0 aliphatic heterocycles. The Morgan fingerprint density at radius 1 is 0.651 bits per heavy atom. The van der Waals surface area contributed by atoms with Crippen LogP contribution in [0.5, 0.6) is 0 Å². The molecule has 0 spiro atoms. The van der Waals surface area contributed by atoms with Gasteiger partial charge >= 0.3 is 0 Å². The zero-order valence-corrected chi connectivity index (χ0v) is 27.4. The third kappa shape index (κ3) is 4.98. The summed E-state index contributed by atoms with van der Waals surface area (Å²) in [6.07, 6.45) is 11.4. The molecule has 0 radical (unpaired) electrons. The second-order valence-electron chi connectivity index (χ2n) is 12.1. The number of hydrogen-bond donors (Lipinski definition) is 0. The lowest BCUT2D eigenvalue weighted by atomic mass is 9.88. The summed E-state index contributed by atoms with van der Waals surface area (Å²) >= 11 is 5.78. The molecular formula is C39H36OS3. The molecule has 43 heavy (non-hydrogen) atoms. The molecule has 1 aliphatic rings. The van der Waals surface area contributed by atoms with Crippen molar-refractivity contribution in [2.45, 2.75) is 71.6 Å². The summed E-state index contributed by atoms with van der Waals surface area (Å²) in [6, 6.07) is 27.6. The summed E-state index contributed by atoms with van der Waals surface area (Å²) in [5.74, 6) is 1.08. The minimum atomic E-state index is 1.01. The van der Waals surface area contributed by atoms with Crippen LogP contribution in [0.4, 0.5) is 0 Å². The summed E-state index contributed by atoms with van der Waals surface area (Å²) in [6.45, 7) is 4.47. The van der Waals surface area contributed by atoms with E-state index in [1.807, 2.05) is 34.0 Å². The fraction of sp³-hybridized carbons (Fsp3) is 0.282. The first-order valence-electron chi connectivity index (χ1n) is 15.9. The van der Waals surface area contributed by atoms with Crippen molar-refractivity contribution < 1.29 is 4.42 Å². The maximum atomic E-state index is 6.62. The molecular weight excluding hydrogens is 581 g/mol. The number of hydrogen-bond acceptors (Lipinski definition) is 4. The minimum Gasteiger partial charge on any atom is -0.456 e. The molecule has 0 bridgehead atoms. The molecule has 0 N–H and O–H groups in total. The predicted molar refractivity (Wildman–Crippen MR) is 190 cm³/mol. The van der Waals surface area contributed by atoms with E-state index in [1.165, 1.54) is 118 Å². The predicted octanol–water partition coefficient (Wildman–Crippen LogP) is 13.2. The normalized spacial score (nSPS) is 12.9. The second kappa shape index (κ2) is 11.4. The average Bonchev–Trinajstić information content (AvgIpc) is 3.82. The van der Waals surface area contributed by atoms with Crippen LogP contribution in [-0.2, 0) is 19.3 Å². The zero-order valence-electron chi connectivity index (χ0n) is 24.9. The second-order valence-corrected chi connectivity index (χ2v) is 15.6. The van der Waals surface area contributed by atoms with Crippen molar-refractivity contribution in [3.8, 4) is 32.2 Å². The van der Waals surface area contributed by atoms with E-state index in [1.54, 1.807) is 0 Å². The van der Waals surface area contributed by atoms with E-state index in [0.29, 0.717) is 0 Å². The Bertz CT molecular complexity index is 2100. The fourth-order valence-corrected chi connectivity index (χ4v) is 10.0. The first kappa shape index (κ1) is 27.4. The first-order valence-corrected chi connectivity index (χ1v) is 18.3. The Kier molecular flexibility index (Phi) is 7.25. The largest absolute Gasteiger partial charge is 0.456 e. The molecule has 8 rings (SSSR count). The monoisotopic (exact) mass is 616 g/mol. The smallest absolute Gasteiger partial charge is 0.138 e. The molecule has 0 fully saturated rings. The van der Waals surface area contributed by atoms with E-state index < -0.39 is 0 Å². The summed E-state index contributed by atoms with van der Waals surface area (Å²) in [5.41, 5.74) is 7.76. The molecule has 0 saturated heterocycles. The number of fused-ring (bicyclic) bond motifs is 9. The van der Waals surface area contributed by atoms with Crippen LogP contribution in [0, 0.1) is 6.92 Å². The van der Waals surface area contributed by atoms with E-state index in [2.05, 4.69) is 86.6 Å². The van der Waals surface area contributed by atoms with Crippen LogP contribution < -0.4 is 0 Å². The fourth-order valence-electron chi connectivity index (χ4n) is 6.86. The lowest BCUT2D eigenvalue weighted by Crippen LogP contribution is -2.01. The highest BCUT2D eigenvalue weighted by Crippen LogP contribution is 2.47. The van der Waals surface area contributed by atoms with Gasteiger partial charge in [-0.15, -0.1) is 34.0 Å². The Balaban J connectivity index is 1.10. The summed E-state index contributed by atoms with van der Waals surface area (Å²) in [7, 11) is 0. The number of aryl methyl sites for hydroxylation is 4. The quantitative estimate of drug-likeness (QED) is 0.147. The average molecular weight is 617 g/mol. The number of benzene rings is 3. The van der Waals surface area contributed by atoms with Crippen molar-refractivity contribution >= 4 is 65.2 Å². The molecule has 7 aromatic rings. The van der Waals surface area contributed by atoms with Gasteiger partial charge in [0.15, 0.2) is 0 Å². The highest BCUT2D eigenvalue weighted by atomic mass is 32.1.